The molecule has 2 amide bonds. The first-order chi connectivity index (χ1) is 13.7. The molecule has 0 aliphatic rings. The zero-order chi connectivity index (χ0) is 21.6. The van der Waals surface area contributed by atoms with Crippen molar-refractivity contribution in [3.63, 3.8) is 0 Å². The summed E-state index contributed by atoms with van der Waals surface area (Å²) < 4.78 is 0. The first-order valence-corrected chi connectivity index (χ1v) is 10.6. The molecule has 2 aromatic carbocycles. The predicted molar refractivity (Wildman–Crippen MR) is 119 cm³/mol. The molecule has 0 saturated heterocycles. The Kier molecular flexibility index (Phi) is 8.54. The second-order valence-corrected chi connectivity index (χ2v) is 8.26. The fourth-order valence-electron chi connectivity index (χ4n) is 2.98. The Morgan fingerprint density at radius 3 is 2.45 bits per heavy atom. The van der Waals surface area contributed by atoms with Gasteiger partial charge in [-0.05, 0) is 50.5 Å². The van der Waals surface area contributed by atoms with E-state index in [2.05, 4.69) is 5.32 Å². The van der Waals surface area contributed by atoms with Gasteiger partial charge in [-0.15, -0.1) is 0 Å². The normalized spacial score (nSPS) is 12.9. The Bertz CT molecular complexity index is 870. The highest BCUT2D eigenvalue weighted by atomic mass is 35.5. The zero-order valence-corrected chi connectivity index (χ0v) is 18.8. The van der Waals surface area contributed by atoms with Gasteiger partial charge in [-0.1, -0.05) is 66.0 Å². The number of nitrogens with one attached hydrogen (secondary N) is 1. The Morgan fingerprint density at radius 1 is 1.10 bits per heavy atom. The molecule has 4 nitrogen and oxygen atoms in total. The maximum Gasteiger partial charge on any atom is 0.242 e. The van der Waals surface area contributed by atoms with Crippen LogP contribution in [-0.4, -0.2) is 28.8 Å². The molecule has 0 aromatic heterocycles. The number of carbonyl (C=O) groups excluding carboxylic acids is 2. The lowest BCUT2D eigenvalue weighted by molar-refractivity contribution is -0.140. The minimum Gasteiger partial charge on any atom is -0.352 e. The summed E-state index contributed by atoms with van der Waals surface area (Å²) >= 11 is 12.3. The van der Waals surface area contributed by atoms with E-state index in [1.807, 2.05) is 45.0 Å². The van der Waals surface area contributed by atoms with E-state index >= 15 is 0 Å². The third kappa shape index (κ3) is 6.76. The molecule has 2 atom stereocenters. The van der Waals surface area contributed by atoms with Crippen molar-refractivity contribution in [2.24, 2.45) is 0 Å². The van der Waals surface area contributed by atoms with E-state index in [0.29, 0.717) is 10.0 Å². The molecular formula is C23H28Cl2N2O2. The summed E-state index contributed by atoms with van der Waals surface area (Å²) in [6, 6.07) is 12.4. The van der Waals surface area contributed by atoms with Crippen molar-refractivity contribution in [3.05, 3.63) is 69.2 Å². The summed E-state index contributed by atoms with van der Waals surface area (Å²) in [5, 5.41) is 3.96. The Labute approximate surface area is 183 Å². The molecule has 156 valence electrons. The number of nitrogens with zero attached hydrogens (tertiary/aromatic N) is 1. The largest absolute Gasteiger partial charge is 0.352 e. The van der Waals surface area contributed by atoms with Crippen LogP contribution in [0.25, 0.3) is 0 Å². The van der Waals surface area contributed by atoms with E-state index < -0.39 is 6.04 Å². The van der Waals surface area contributed by atoms with Crippen molar-refractivity contribution in [3.8, 4) is 0 Å². The molecule has 0 heterocycles. The second-order valence-electron chi connectivity index (χ2n) is 7.42. The topological polar surface area (TPSA) is 49.4 Å². The number of aryl methyl sites for hydroxylation is 1. The number of rotatable bonds is 8. The SMILES string of the molecule is CC[C@@H](C)NC(=O)[C@H](C)N(Cc1ccc(Cl)cc1Cl)C(=O)Cc1cccc(C)c1. The summed E-state index contributed by atoms with van der Waals surface area (Å²) in [5.41, 5.74) is 2.75. The van der Waals surface area contributed by atoms with Crippen LogP contribution in [0, 0.1) is 6.92 Å². The van der Waals surface area contributed by atoms with Crippen molar-refractivity contribution in [1.82, 2.24) is 10.2 Å². The van der Waals surface area contributed by atoms with Gasteiger partial charge < -0.3 is 10.2 Å². The van der Waals surface area contributed by atoms with Gasteiger partial charge in [-0.3, -0.25) is 9.59 Å². The average Bonchev–Trinajstić information content (AvgIpc) is 2.66. The highest BCUT2D eigenvalue weighted by Crippen LogP contribution is 2.23. The number of carbonyl (C=O) groups is 2. The average molecular weight is 435 g/mol. The summed E-state index contributed by atoms with van der Waals surface area (Å²) in [4.78, 5) is 27.5. The number of amides is 2. The van der Waals surface area contributed by atoms with Crippen molar-refractivity contribution in [2.75, 3.05) is 0 Å². The summed E-state index contributed by atoms with van der Waals surface area (Å²) in [7, 11) is 0. The van der Waals surface area contributed by atoms with Crippen molar-refractivity contribution >= 4 is 35.0 Å². The molecule has 2 rings (SSSR count). The van der Waals surface area contributed by atoms with Crippen molar-refractivity contribution in [2.45, 2.75) is 59.2 Å². The fourth-order valence-corrected chi connectivity index (χ4v) is 3.45. The number of benzene rings is 2. The summed E-state index contributed by atoms with van der Waals surface area (Å²) in [6.07, 6.45) is 1.03. The Hall–Kier alpha value is -2.04. The van der Waals surface area contributed by atoms with Crippen LogP contribution in [0.2, 0.25) is 10.0 Å². The van der Waals surface area contributed by atoms with Crippen LogP contribution in [0.5, 0.6) is 0 Å². The molecule has 0 fully saturated rings. The van der Waals surface area contributed by atoms with E-state index in [4.69, 9.17) is 23.2 Å². The second kappa shape index (κ2) is 10.7. The highest BCUT2D eigenvalue weighted by Gasteiger charge is 2.27. The van der Waals surface area contributed by atoms with Crippen molar-refractivity contribution < 1.29 is 9.59 Å². The lowest BCUT2D eigenvalue weighted by atomic mass is 10.1. The number of halogens is 2. The van der Waals surface area contributed by atoms with Crippen LogP contribution in [0.4, 0.5) is 0 Å². The first-order valence-electron chi connectivity index (χ1n) is 9.80. The maximum absolute atomic E-state index is 13.2. The highest BCUT2D eigenvalue weighted by molar-refractivity contribution is 6.35. The smallest absolute Gasteiger partial charge is 0.242 e. The molecule has 0 saturated carbocycles. The van der Waals surface area contributed by atoms with Gasteiger partial charge in [0.2, 0.25) is 11.8 Å². The van der Waals surface area contributed by atoms with E-state index in [9.17, 15) is 9.59 Å². The van der Waals surface area contributed by atoms with E-state index in [1.54, 1.807) is 30.0 Å². The van der Waals surface area contributed by atoms with Gasteiger partial charge in [0.05, 0.1) is 6.42 Å². The third-order valence-corrected chi connectivity index (χ3v) is 5.55. The third-order valence-electron chi connectivity index (χ3n) is 4.96. The molecule has 0 bridgehead atoms. The minimum absolute atomic E-state index is 0.0396. The van der Waals surface area contributed by atoms with Crippen LogP contribution < -0.4 is 5.32 Å². The number of hydrogen-bond donors (Lipinski definition) is 1. The van der Waals surface area contributed by atoms with E-state index in [0.717, 1.165) is 23.1 Å². The van der Waals surface area contributed by atoms with Gasteiger partial charge >= 0.3 is 0 Å². The monoisotopic (exact) mass is 434 g/mol. The minimum atomic E-state index is -0.631. The summed E-state index contributed by atoms with van der Waals surface area (Å²) in [6.45, 7) is 7.91. The van der Waals surface area contributed by atoms with Crippen LogP contribution in [-0.2, 0) is 22.6 Å². The molecular weight excluding hydrogens is 407 g/mol. The molecule has 0 aliphatic carbocycles. The Balaban J connectivity index is 2.27. The first kappa shape index (κ1) is 23.2. The molecule has 2 aromatic rings. The van der Waals surface area contributed by atoms with Crippen molar-refractivity contribution in [1.29, 1.82) is 0 Å². The quantitative estimate of drug-likeness (QED) is 0.622. The van der Waals surface area contributed by atoms with Crippen LogP contribution in [0.1, 0.15) is 43.9 Å². The standard InChI is InChI=1S/C23H28Cl2N2O2/c1-5-16(3)26-23(29)17(4)27(14-19-9-10-20(24)13-21(19)25)22(28)12-18-8-6-7-15(2)11-18/h6-11,13,16-17H,5,12,14H2,1-4H3,(H,26,29)/t16-,17+/m1/s1. The van der Waals surface area contributed by atoms with Gasteiger partial charge in [0.1, 0.15) is 6.04 Å². The van der Waals surface area contributed by atoms with Gasteiger partial charge in [0.15, 0.2) is 0 Å². The summed E-state index contributed by atoms with van der Waals surface area (Å²) in [5.74, 6) is -0.310. The molecule has 1 N–H and O–H groups in total. The molecule has 0 spiro atoms. The van der Waals surface area contributed by atoms with Gasteiger partial charge in [-0.25, -0.2) is 0 Å². The Morgan fingerprint density at radius 2 is 1.83 bits per heavy atom. The predicted octanol–water partition coefficient (Wildman–Crippen LogP) is 5.18. The zero-order valence-electron chi connectivity index (χ0n) is 17.3. The number of hydrogen-bond acceptors (Lipinski definition) is 2. The molecule has 29 heavy (non-hydrogen) atoms. The lowest BCUT2D eigenvalue weighted by Crippen LogP contribution is -2.49. The van der Waals surface area contributed by atoms with Gasteiger partial charge in [-0.2, -0.15) is 0 Å². The van der Waals surface area contributed by atoms with Crippen LogP contribution in [0.15, 0.2) is 42.5 Å². The van der Waals surface area contributed by atoms with E-state index in [-0.39, 0.29) is 30.8 Å². The van der Waals surface area contributed by atoms with Crippen LogP contribution in [0.3, 0.4) is 0 Å². The lowest BCUT2D eigenvalue weighted by Gasteiger charge is -2.30. The van der Waals surface area contributed by atoms with Gasteiger partial charge in [0, 0.05) is 22.6 Å². The maximum atomic E-state index is 13.2. The molecule has 0 unspecified atom stereocenters. The van der Waals surface area contributed by atoms with Crippen LogP contribution >= 0.6 is 23.2 Å². The molecule has 0 radical (unpaired) electrons. The van der Waals surface area contributed by atoms with Gasteiger partial charge in [0.25, 0.3) is 0 Å². The van der Waals surface area contributed by atoms with E-state index in [1.165, 1.54) is 0 Å². The fraction of sp³-hybridized carbons (Fsp3) is 0.391. The molecule has 6 heteroatoms. The molecule has 0 aliphatic heterocycles.